The molecule has 2 aromatic rings. The van der Waals surface area contributed by atoms with E-state index in [-0.39, 0.29) is 0 Å². The van der Waals surface area contributed by atoms with E-state index < -0.39 is 11.9 Å². The highest BCUT2D eigenvalue weighted by molar-refractivity contribution is 5.73. The highest BCUT2D eigenvalue weighted by Crippen LogP contribution is 2.32. The molecule has 0 unspecified atom stereocenters. The average molecular weight is 326 g/mol. The second-order valence-corrected chi connectivity index (χ2v) is 5.60. The van der Waals surface area contributed by atoms with Gasteiger partial charge in [0.1, 0.15) is 11.5 Å². The number of hydrogen-bond acceptors (Lipinski definition) is 4. The molecule has 0 bridgehead atoms. The summed E-state index contributed by atoms with van der Waals surface area (Å²) in [4.78, 5) is 22.8. The summed E-state index contributed by atoms with van der Waals surface area (Å²) in [5.41, 5.74) is 2.91. The number of carbonyl (C=O) groups excluding carboxylic acids is 2. The van der Waals surface area contributed by atoms with Crippen LogP contribution in [0.5, 0.6) is 11.5 Å². The van der Waals surface area contributed by atoms with Gasteiger partial charge in [-0.1, -0.05) is 37.3 Å². The van der Waals surface area contributed by atoms with Gasteiger partial charge in [0.2, 0.25) is 0 Å². The van der Waals surface area contributed by atoms with Gasteiger partial charge in [-0.25, -0.2) is 0 Å². The van der Waals surface area contributed by atoms with Crippen molar-refractivity contribution in [1.82, 2.24) is 0 Å². The van der Waals surface area contributed by atoms with Crippen LogP contribution in [0.1, 0.15) is 37.5 Å². The molecule has 0 heterocycles. The van der Waals surface area contributed by atoms with Gasteiger partial charge in [0.05, 0.1) is 0 Å². The molecule has 0 aliphatic heterocycles. The fourth-order valence-electron chi connectivity index (χ4n) is 2.59. The highest BCUT2D eigenvalue weighted by atomic mass is 16.5. The lowest BCUT2D eigenvalue weighted by Crippen LogP contribution is -2.09. The molecule has 2 aromatic carbocycles. The van der Waals surface area contributed by atoms with Crippen LogP contribution < -0.4 is 9.47 Å². The van der Waals surface area contributed by atoms with Crippen molar-refractivity contribution < 1.29 is 19.1 Å². The topological polar surface area (TPSA) is 52.6 Å². The molecular weight excluding hydrogens is 304 g/mol. The molecule has 4 nitrogen and oxygen atoms in total. The lowest BCUT2D eigenvalue weighted by atomic mass is 10.0. The first kappa shape index (κ1) is 17.7. The second kappa shape index (κ2) is 8.29. The van der Waals surface area contributed by atoms with Gasteiger partial charge in [-0.15, -0.1) is 0 Å². The summed E-state index contributed by atoms with van der Waals surface area (Å²) in [7, 11) is 0. The van der Waals surface area contributed by atoms with Crippen molar-refractivity contribution in [1.29, 1.82) is 0 Å². The Labute approximate surface area is 142 Å². The van der Waals surface area contributed by atoms with Crippen LogP contribution in [0.15, 0.2) is 42.5 Å². The van der Waals surface area contributed by atoms with Crippen LogP contribution >= 0.6 is 0 Å². The lowest BCUT2D eigenvalue weighted by Gasteiger charge is -2.15. The summed E-state index contributed by atoms with van der Waals surface area (Å²) < 4.78 is 10.6. The van der Waals surface area contributed by atoms with Crippen molar-refractivity contribution in [2.24, 2.45) is 0 Å². The average Bonchev–Trinajstić information content (AvgIpc) is 2.53. The zero-order chi connectivity index (χ0) is 17.5. The van der Waals surface area contributed by atoms with Crippen LogP contribution in [0.25, 0.3) is 0 Å². The van der Waals surface area contributed by atoms with Gasteiger partial charge in [-0.3, -0.25) is 9.59 Å². The second-order valence-electron chi connectivity index (χ2n) is 5.60. The van der Waals surface area contributed by atoms with Crippen molar-refractivity contribution in [3.8, 4) is 11.5 Å². The molecule has 0 spiro atoms. The monoisotopic (exact) mass is 326 g/mol. The molecular formula is C20H22O4. The third kappa shape index (κ3) is 4.95. The van der Waals surface area contributed by atoms with Crippen molar-refractivity contribution in [2.75, 3.05) is 0 Å². The molecule has 24 heavy (non-hydrogen) atoms. The third-order valence-corrected chi connectivity index (χ3v) is 3.63. The number of benzene rings is 2. The van der Waals surface area contributed by atoms with Gasteiger partial charge in [0.25, 0.3) is 0 Å². The Kier molecular flexibility index (Phi) is 6.13. The molecule has 0 aliphatic carbocycles. The molecule has 126 valence electrons. The van der Waals surface area contributed by atoms with E-state index in [1.807, 2.05) is 37.3 Å². The summed E-state index contributed by atoms with van der Waals surface area (Å²) >= 11 is 0. The summed E-state index contributed by atoms with van der Waals surface area (Å²) in [5, 5.41) is 0. The van der Waals surface area contributed by atoms with Gasteiger partial charge >= 0.3 is 11.9 Å². The molecule has 0 aromatic heterocycles. The zero-order valence-electron chi connectivity index (χ0n) is 14.3. The number of carbonyl (C=O) groups is 2. The summed E-state index contributed by atoms with van der Waals surface area (Å²) in [6, 6.07) is 13.8. The maximum absolute atomic E-state index is 11.4. The van der Waals surface area contributed by atoms with E-state index in [4.69, 9.17) is 9.47 Å². The van der Waals surface area contributed by atoms with Crippen molar-refractivity contribution in [3.05, 3.63) is 59.2 Å². The first-order chi connectivity index (χ1) is 11.5. The van der Waals surface area contributed by atoms with E-state index in [0.717, 1.165) is 24.0 Å². The lowest BCUT2D eigenvalue weighted by molar-refractivity contribution is -0.132. The molecule has 0 N–H and O–H groups in total. The Morgan fingerprint density at radius 3 is 1.79 bits per heavy atom. The van der Waals surface area contributed by atoms with Crippen LogP contribution in [0.4, 0.5) is 0 Å². The minimum absolute atomic E-state index is 0.390. The summed E-state index contributed by atoms with van der Waals surface area (Å²) in [5.74, 6) is 0.149. The first-order valence-corrected chi connectivity index (χ1v) is 8.06. The van der Waals surface area contributed by atoms with Crippen LogP contribution in [0.2, 0.25) is 0 Å². The molecule has 2 rings (SSSR count). The first-order valence-electron chi connectivity index (χ1n) is 8.06. The molecule has 0 saturated carbocycles. The van der Waals surface area contributed by atoms with Crippen LogP contribution in [0, 0.1) is 0 Å². The zero-order valence-corrected chi connectivity index (χ0v) is 14.3. The standard InChI is InChI=1S/C20H22O4/c1-4-18-19(23-14(2)21)12-17(13-20(18)24-15(3)22)11-10-16-8-6-5-7-9-16/h5-9,12-13H,4,10-11H2,1-3H3. The Morgan fingerprint density at radius 2 is 1.33 bits per heavy atom. The van der Waals surface area contributed by atoms with Crippen LogP contribution in [0.3, 0.4) is 0 Å². The molecule has 0 saturated heterocycles. The Hall–Kier alpha value is -2.62. The fraction of sp³-hybridized carbons (Fsp3) is 0.300. The quantitative estimate of drug-likeness (QED) is 0.597. The number of hydrogen-bond donors (Lipinski definition) is 0. The van der Waals surface area contributed by atoms with E-state index in [1.54, 1.807) is 0 Å². The predicted octanol–water partition coefficient (Wildman–Crippen LogP) is 3.88. The van der Waals surface area contributed by atoms with Crippen molar-refractivity contribution in [3.63, 3.8) is 0 Å². The van der Waals surface area contributed by atoms with Gasteiger partial charge in [-0.2, -0.15) is 0 Å². The van der Waals surface area contributed by atoms with E-state index >= 15 is 0 Å². The van der Waals surface area contributed by atoms with Gasteiger partial charge in [0.15, 0.2) is 0 Å². The number of ether oxygens (including phenoxy) is 2. The predicted molar refractivity (Wildman–Crippen MR) is 92.3 cm³/mol. The number of esters is 2. The minimum atomic E-state index is -0.390. The van der Waals surface area contributed by atoms with Crippen molar-refractivity contribution in [2.45, 2.75) is 40.0 Å². The summed E-state index contributed by atoms with van der Waals surface area (Å²) in [6.07, 6.45) is 2.21. The number of aryl methyl sites for hydroxylation is 2. The molecule has 0 radical (unpaired) electrons. The number of rotatable bonds is 6. The maximum atomic E-state index is 11.4. The Bertz CT molecular complexity index is 683. The van der Waals surface area contributed by atoms with E-state index in [2.05, 4.69) is 12.1 Å². The van der Waals surface area contributed by atoms with Gasteiger partial charge < -0.3 is 9.47 Å². The molecule has 0 aliphatic rings. The maximum Gasteiger partial charge on any atom is 0.308 e. The summed E-state index contributed by atoms with van der Waals surface area (Å²) in [6.45, 7) is 4.65. The van der Waals surface area contributed by atoms with E-state index in [0.29, 0.717) is 17.9 Å². The highest BCUT2D eigenvalue weighted by Gasteiger charge is 2.15. The Balaban J connectivity index is 2.32. The normalized spacial score (nSPS) is 10.3. The SMILES string of the molecule is CCc1c(OC(C)=O)cc(CCc2ccccc2)cc1OC(C)=O. The van der Waals surface area contributed by atoms with Crippen LogP contribution in [-0.4, -0.2) is 11.9 Å². The van der Waals surface area contributed by atoms with Gasteiger partial charge in [0, 0.05) is 19.4 Å². The largest absolute Gasteiger partial charge is 0.426 e. The molecule has 0 amide bonds. The smallest absolute Gasteiger partial charge is 0.308 e. The molecule has 0 fully saturated rings. The third-order valence-electron chi connectivity index (χ3n) is 3.63. The molecule has 0 atom stereocenters. The Morgan fingerprint density at radius 1 is 0.833 bits per heavy atom. The molecule has 4 heteroatoms. The van der Waals surface area contributed by atoms with E-state index in [9.17, 15) is 9.59 Å². The van der Waals surface area contributed by atoms with Crippen LogP contribution in [-0.2, 0) is 28.9 Å². The van der Waals surface area contributed by atoms with Crippen molar-refractivity contribution >= 4 is 11.9 Å². The van der Waals surface area contributed by atoms with Gasteiger partial charge in [-0.05, 0) is 42.5 Å². The minimum Gasteiger partial charge on any atom is -0.426 e. The van der Waals surface area contributed by atoms with E-state index in [1.165, 1.54) is 19.4 Å². The fourth-order valence-corrected chi connectivity index (χ4v) is 2.59.